The second kappa shape index (κ2) is 8.15. The molecule has 8 heteroatoms. The van der Waals surface area contributed by atoms with Crippen LogP contribution in [-0.2, 0) is 0 Å². The number of aromatic nitrogens is 1. The Kier molecular flexibility index (Phi) is 6.47. The molecule has 1 amide bonds. The van der Waals surface area contributed by atoms with Gasteiger partial charge in [0, 0.05) is 12.1 Å². The van der Waals surface area contributed by atoms with Gasteiger partial charge in [0.05, 0.1) is 9.21 Å². The van der Waals surface area contributed by atoms with Crippen molar-refractivity contribution < 1.29 is 9.32 Å². The van der Waals surface area contributed by atoms with Crippen LogP contribution in [0.3, 0.4) is 0 Å². The summed E-state index contributed by atoms with van der Waals surface area (Å²) in [6, 6.07) is 5.42. The van der Waals surface area contributed by atoms with Gasteiger partial charge in [-0.25, -0.2) is 0 Å². The Bertz CT molecular complexity index is 659. The summed E-state index contributed by atoms with van der Waals surface area (Å²) in [7, 11) is 0. The molecule has 2 aromatic rings. The Morgan fingerprint density at radius 3 is 2.91 bits per heavy atom. The zero-order valence-electron chi connectivity index (χ0n) is 12.5. The molecule has 5 nitrogen and oxygen atoms in total. The molecule has 2 unspecified atom stereocenters. The molecule has 0 aromatic carbocycles. The minimum Gasteiger partial charge on any atom is -0.355 e. The minimum atomic E-state index is -0.206. The molecule has 1 fully saturated rings. The number of thiophene rings is 1. The van der Waals surface area contributed by atoms with Gasteiger partial charge in [0.2, 0.25) is 0 Å². The average molecular weight is 376 g/mol. The lowest BCUT2D eigenvalue weighted by atomic mass is 9.84. The van der Waals surface area contributed by atoms with Crippen molar-refractivity contribution in [3.63, 3.8) is 0 Å². The molecule has 0 saturated heterocycles. The Labute approximate surface area is 150 Å². The van der Waals surface area contributed by atoms with Gasteiger partial charge in [0.15, 0.2) is 11.5 Å². The fraction of sp³-hybridized carbons (Fsp3) is 0.467. The lowest BCUT2D eigenvalue weighted by Gasteiger charge is -2.30. The number of carbonyl (C=O) groups is 1. The molecule has 126 valence electrons. The Hall–Kier alpha value is -1.08. The smallest absolute Gasteiger partial charge is 0.273 e. The third-order valence-corrected chi connectivity index (χ3v) is 5.33. The summed E-state index contributed by atoms with van der Waals surface area (Å²) in [5.41, 5.74) is 6.09. The molecular weight excluding hydrogens is 357 g/mol. The molecule has 1 aliphatic carbocycles. The second-order valence-corrected chi connectivity index (χ2v) is 7.26. The van der Waals surface area contributed by atoms with E-state index in [1.54, 1.807) is 12.1 Å². The van der Waals surface area contributed by atoms with Crippen LogP contribution in [0.2, 0.25) is 4.34 Å². The second-order valence-electron chi connectivity index (χ2n) is 5.54. The van der Waals surface area contributed by atoms with Crippen LogP contribution in [0, 0.1) is 5.92 Å². The maximum atomic E-state index is 12.3. The number of nitrogens with two attached hydrogens (primary N) is 1. The molecule has 2 aromatic heterocycles. The van der Waals surface area contributed by atoms with Gasteiger partial charge in [0.25, 0.3) is 5.91 Å². The van der Waals surface area contributed by atoms with Crippen LogP contribution in [0.25, 0.3) is 10.6 Å². The zero-order valence-corrected chi connectivity index (χ0v) is 14.8. The van der Waals surface area contributed by atoms with Crippen LogP contribution >= 0.6 is 35.3 Å². The predicted molar refractivity (Wildman–Crippen MR) is 94.3 cm³/mol. The first-order valence-electron chi connectivity index (χ1n) is 7.40. The van der Waals surface area contributed by atoms with E-state index < -0.39 is 0 Å². The molecule has 2 atom stereocenters. The fourth-order valence-corrected chi connectivity index (χ4v) is 3.86. The molecule has 3 N–H and O–H groups in total. The Morgan fingerprint density at radius 1 is 1.43 bits per heavy atom. The van der Waals surface area contributed by atoms with Crippen molar-refractivity contribution in [3.05, 3.63) is 28.2 Å². The maximum absolute atomic E-state index is 12.3. The summed E-state index contributed by atoms with van der Waals surface area (Å²) in [5, 5.41) is 6.91. The molecule has 1 aliphatic rings. The highest BCUT2D eigenvalue weighted by Gasteiger charge is 2.26. The summed E-state index contributed by atoms with van der Waals surface area (Å²) in [6.45, 7) is 0.600. The number of nitrogens with zero attached hydrogens (tertiary/aromatic N) is 1. The molecule has 2 heterocycles. The quantitative estimate of drug-likeness (QED) is 0.852. The van der Waals surface area contributed by atoms with E-state index in [-0.39, 0.29) is 24.4 Å². The lowest BCUT2D eigenvalue weighted by Crippen LogP contribution is -2.44. The molecular formula is C15H19Cl2N3O2S. The lowest BCUT2D eigenvalue weighted by molar-refractivity contribution is 0.0899. The van der Waals surface area contributed by atoms with Gasteiger partial charge in [-0.2, -0.15) is 0 Å². The predicted octanol–water partition coefficient (Wildman–Crippen LogP) is 3.73. The number of rotatable bonds is 4. The summed E-state index contributed by atoms with van der Waals surface area (Å²) in [5.74, 6) is 0.698. The van der Waals surface area contributed by atoms with Crippen molar-refractivity contribution in [3.8, 4) is 10.6 Å². The first kappa shape index (κ1) is 18.3. The van der Waals surface area contributed by atoms with Crippen molar-refractivity contribution in [1.82, 2.24) is 10.5 Å². The van der Waals surface area contributed by atoms with Crippen molar-refractivity contribution in [2.24, 2.45) is 11.7 Å². The van der Waals surface area contributed by atoms with Crippen LogP contribution in [0.1, 0.15) is 36.2 Å². The van der Waals surface area contributed by atoms with Crippen molar-refractivity contribution in [2.75, 3.05) is 6.54 Å². The molecule has 3 rings (SSSR count). The van der Waals surface area contributed by atoms with Crippen LogP contribution in [0.15, 0.2) is 22.7 Å². The normalized spacial score (nSPS) is 20.8. The van der Waals surface area contributed by atoms with Crippen LogP contribution in [0.4, 0.5) is 0 Å². The molecule has 0 spiro atoms. The Morgan fingerprint density at radius 2 is 2.22 bits per heavy atom. The van der Waals surface area contributed by atoms with E-state index >= 15 is 0 Å². The van der Waals surface area contributed by atoms with Gasteiger partial charge in [-0.1, -0.05) is 29.6 Å². The van der Waals surface area contributed by atoms with Gasteiger partial charge in [-0.3, -0.25) is 4.79 Å². The molecule has 0 bridgehead atoms. The number of hydrogen-bond donors (Lipinski definition) is 2. The maximum Gasteiger partial charge on any atom is 0.273 e. The average Bonchev–Trinajstić information content (AvgIpc) is 3.16. The monoisotopic (exact) mass is 375 g/mol. The topological polar surface area (TPSA) is 81.1 Å². The highest BCUT2D eigenvalue weighted by Crippen LogP contribution is 2.31. The van der Waals surface area contributed by atoms with E-state index in [9.17, 15) is 4.79 Å². The largest absolute Gasteiger partial charge is 0.355 e. The third kappa shape index (κ3) is 4.26. The summed E-state index contributed by atoms with van der Waals surface area (Å²) in [6.07, 6.45) is 4.35. The number of amides is 1. The van der Waals surface area contributed by atoms with Crippen LogP contribution in [-0.4, -0.2) is 23.7 Å². The van der Waals surface area contributed by atoms with Crippen LogP contribution < -0.4 is 11.1 Å². The van der Waals surface area contributed by atoms with Crippen molar-refractivity contribution in [2.45, 2.75) is 31.7 Å². The first-order valence-corrected chi connectivity index (χ1v) is 8.60. The van der Waals surface area contributed by atoms with Gasteiger partial charge < -0.3 is 15.6 Å². The highest BCUT2D eigenvalue weighted by molar-refractivity contribution is 7.19. The molecule has 23 heavy (non-hydrogen) atoms. The third-order valence-electron chi connectivity index (χ3n) is 4.09. The van der Waals surface area contributed by atoms with E-state index in [1.165, 1.54) is 17.8 Å². The minimum absolute atomic E-state index is 0. The summed E-state index contributed by atoms with van der Waals surface area (Å²) >= 11 is 7.29. The molecule has 1 saturated carbocycles. The van der Waals surface area contributed by atoms with Gasteiger partial charge >= 0.3 is 0 Å². The number of nitrogens with one attached hydrogen (secondary N) is 1. The fourth-order valence-electron chi connectivity index (χ4n) is 2.87. The Balaban J connectivity index is 0.00000192. The molecule has 0 aliphatic heterocycles. The van der Waals surface area contributed by atoms with Crippen LogP contribution in [0.5, 0.6) is 0 Å². The molecule has 0 radical (unpaired) electrons. The van der Waals surface area contributed by atoms with Crippen molar-refractivity contribution in [1.29, 1.82) is 0 Å². The number of carbonyl (C=O) groups excluding carboxylic acids is 1. The van der Waals surface area contributed by atoms with Gasteiger partial charge in [0.1, 0.15) is 0 Å². The summed E-state index contributed by atoms with van der Waals surface area (Å²) < 4.78 is 5.92. The van der Waals surface area contributed by atoms with E-state index in [4.69, 9.17) is 21.9 Å². The summed E-state index contributed by atoms with van der Waals surface area (Å²) in [4.78, 5) is 13.2. The highest BCUT2D eigenvalue weighted by atomic mass is 35.5. The van der Waals surface area contributed by atoms with E-state index in [2.05, 4.69) is 10.5 Å². The zero-order chi connectivity index (χ0) is 15.5. The number of hydrogen-bond acceptors (Lipinski definition) is 5. The van der Waals surface area contributed by atoms with Crippen molar-refractivity contribution >= 4 is 41.3 Å². The van der Waals surface area contributed by atoms with E-state index in [1.807, 2.05) is 6.07 Å². The number of halogens is 2. The standard InChI is InChI=1S/C15H18ClN3O2S.ClH/c16-14-6-5-13(22-14)12-7-11(19-21-12)15(20)18-10-4-2-1-3-9(10)8-17;/h5-7,9-10H,1-4,8,17H2,(H,18,20);1H. The van der Waals surface area contributed by atoms with E-state index in [0.29, 0.717) is 28.3 Å². The van der Waals surface area contributed by atoms with E-state index in [0.717, 1.165) is 24.1 Å². The van der Waals surface area contributed by atoms with Gasteiger partial charge in [-0.05, 0) is 37.4 Å². The SMILES string of the molecule is Cl.NCC1CCCCC1NC(=O)c1cc(-c2ccc(Cl)s2)on1. The first-order chi connectivity index (χ1) is 10.7. The van der Waals surface area contributed by atoms with Gasteiger partial charge in [-0.15, -0.1) is 23.7 Å².